The third-order valence-corrected chi connectivity index (χ3v) is 6.76. The molecular weight excluding hydrogens is 354 g/mol. The summed E-state index contributed by atoms with van der Waals surface area (Å²) in [5.41, 5.74) is 2.53. The molecular formula is C23H29NO4. The summed E-state index contributed by atoms with van der Waals surface area (Å²) >= 11 is 0. The Morgan fingerprint density at radius 1 is 1.25 bits per heavy atom. The van der Waals surface area contributed by atoms with Gasteiger partial charge in [-0.05, 0) is 51.0 Å². The number of amides is 1. The van der Waals surface area contributed by atoms with Crippen LogP contribution in [-0.4, -0.2) is 41.6 Å². The van der Waals surface area contributed by atoms with E-state index in [1.165, 1.54) is 12.0 Å². The number of rotatable bonds is 3. The number of allylic oxidation sites excluding steroid dienone is 1. The first-order valence-electron chi connectivity index (χ1n) is 10.5. The fourth-order valence-electron chi connectivity index (χ4n) is 5.69. The molecule has 5 heteroatoms. The maximum atomic E-state index is 13.1. The van der Waals surface area contributed by atoms with Crippen LogP contribution in [0.1, 0.15) is 45.1 Å². The lowest BCUT2D eigenvalue weighted by Crippen LogP contribution is -2.45. The van der Waals surface area contributed by atoms with Crippen molar-refractivity contribution in [3.63, 3.8) is 0 Å². The highest BCUT2D eigenvalue weighted by atomic mass is 16.8. The fraction of sp³-hybridized carbons (Fsp3) is 0.609. The summed E-state index contributed by atoms with van der Waals surface area (Å²) in [7, 11) is 0. The van der Waals surface area contributed by atoms with Crippen LogP contribution in [0, 0.1) is 11.8 Å². The predicted octanol–water partition coefficient (Wildman–Crippen LogP) is 4.27. The molecule has 4 aliphatic rings. The molecule has 150 valence electrons. The van der Waals surface area contributed by atoms with Crippen molar-refractivity contribution < 1.29 is 19.0 Å². The lowest BCUT2D eigenvalue weighted by molar-refractivity contribution is -0.158. The van der Waals surface area contributed by atoms with Gasteiger partial charge in [-0.3, -0.25) is 0 Å². The van der Waals surface area contributed by atoms with Gasteiger partial charge in [0.1, 0.15) is 12.7 Å². The minimum atomic E-state index is -0.579. The molecule has 2 saturated heterocycles. The number of carbonyl (C=O) groups excluding carboxylic acids is 1. The summed E-state index contributed by atoms with van der Waals surface area (Å²) in [6.45, 7) is 4.97. The van der Waals surface area contributed by atoms with Gasteiger partial charge in [-0.2, -0.15) is 0 Å². The van der Waals surface area contributed by atoms with E-state index >= 15 is 0 Å². The SMILES string of the molecule is CC1(C)O[C@H]2[C@H]3[C@@H](C[C@H]2O1)[C@@H](C1=CCCC1)CN3C(=O)OCc1ccccc1. The molecule has 5 atom stereocenters. The van der Waals surface area contributed by atoms with Gasteiger partial charge in [-0.15, -0.1) is 0 Å². The number of benzene rings is 1. The Morgan fingerprint density at radius 3 is 2.82 bits per heavy atom. The molecule has 2 heterocycles. The molecule has 1 saturated carbocycles. The monoisotopic (exact) mass is 383 g/mol. The minimum absolute atomic E-state index is 0.0431. The van der Waals surface area contributed by atoms with Gasteiger partial charge in [-0.25, -0.2) is 4.79 Å². The highest BCUT2D eigenvalue weighted by molar-refractivity contribution is 5.69. The Kier molecular flexibility index (Phi) is 4.48. The Morgan fingerprint density at radius 2 is 2.07 bits per heavy atom. The second-order valence-electron chi connectivity index (χ2n) is 9.00. The molecule has 1 amide bonds. The molecule has 1 aromatic rings. The second-order valence-corrected chi connectivity index (χ2v) is 9.00. The summed E-state index contributed by atoms with van der Waals surface area (Å²) in [4.78, 5) is 15.0. The van der Waals surface area contributed by atoms with Crippen molar-refractivity contribution in [2.24, 2.45) is 11.8 Å². The van der Waals surface area contributed by atoms with Crippen molar-refractivity contribution in [1.82, 2.24) is 4.90 Å². The van der Waals surface area contributed by atoms with Gasteiger partial charge in [0.15, 0.2) is 5.79 Å². The quantitative estimate of drug-likeness (QED) is 0.731. The van der Waals surface area contributed by atoms with E-state index < -0.39 is 5.79 Å². The predicted molar refractivity (Wildman–Crippen MR) is 104 cm³/mol. The molecule has 0 bridgehead atoms. The van der Waals surface area contributed by atoms with Crippen molar-refractivity contribution in [2.45, 2.75) is 70.2 Å². The standard InChI is InChI=1S/C23H29NO4/c1-23(2)27-19-12-17-18(16-10-6-7-11-16)13-24(20(17)21(19)28-23)22(25)26-14-15-8-4-3-5-9-15/h3-5,8-10,17-21H,6-7,11-14H2,1-2H3/t17-,18+,19+,20+,21+/m0/s1. The average molecular weight is 383 g/mol. The molecule has 0 radical (unpaired) electrons. The first-order chi connectivity index (χ1) is 13.5. The zero-order valence-electron chi connectivity index (χ0n) is 16.7. The number of carbonyl (C=O) groups is 1. The topological polar surface area (TPSA) is 48.0 Å². The van der Waals surface area contributed by atoms with E-state index in [1.54, 1.807) is 0 Å². The van der Waals surface area contributed by atoms with Gasteiger partial charge in [0.2, 0.25) is 0 Å². The zero-order valence-corrected chi connectivity index (χ0v) is 16.7. The van der Waals surface area contributed by atoms with Crippen LogP contribution in [0.2, 0.25) is 0 Å². The summed E-state index contributed by atoms with van der Waals surface area (Å²) in [5.74, 6) is 0.238. The van der Waals surface area contributed by atoms with E-state index in [-0.39, 0.29) is 24.3 Å². The minimum Gasteiger partial charge on any atom is -0.445 e. The number of ether oxygens (including phenoxy) is 3. The third-order valence-electron chi connectivity index (χ3n) is 6.76. The van der Waals surface area contributed by atoms with E-state index in [0.29, 0.717) is 18.4 Å². The molecule has 0 unspecified atom stereocenters. The molecule has 5 rings (SSSR count). The Hall–Kier alpha value is -1.85. The number of hydrogen-bond acceptors (Lipinski definition) is 4. The first kappa shape index (κ1) is 18.2. The highest BCUT2D eigenvalue weighted by Crippen LogP contribution is 2.52. The van der Waals surface area contributed by atoms with E-state index in [1.807, 2.05) is 49.1 Å². The molecule has 2 aliphatic heterocycles. The van der Waals surface area contributed by atoms with Crippen molar-refractivity contribution in [1.29, 1.82) is 0 Å². The van der Waals surface area contributed by atoms with E-state index in [0.717, 1.165) is 31.4 Å². The lowest BCUT2D eigenvalue weighted by Gasteiger charge is -2.28. The molecule has 3 fully saturated rings. The van der Waals surface area contributed by atoms with E-state index in [9.17, 15) is 4.79 Å². The van der Waals surface area contributed by atoms with Gasteiger partial charge >= 0.3 is 6.09 Å². The number of likely N-dealkylation sites (tertiary alicyclic amines) is 1. The molecule has 0 aromatic heterocycles. The molecule has 0 N–H and O–H groups in total. The summed E-state index contributed by atoms with van der Waals surface area (Å²) in [5, 5.41) is 0. The summed E-state index contributed by atoms with van der Waals surface area (Å²) in [6, 6.07) is 9.90. The number of fused-ring (bicyclic) bond motifs is 3. The van der Waals surface area contributed by atoms with Gasteiger partial charge in [0.25, 0.3) is 0 Å². The summed E-state index contributed by atoms with van der Waals surface area (Å²) < 4.78 is 18.1. The molecule has 0 spiro atoms. The van der Waals surface area contributed by atoms with Crippen LogP contribution in [-0.2, 0) is 20.8 Å². The van der Waals surface area contributed by atoms with Gasteiger partial charge in [0.05, 0.1) is 12.1 Å². The lowest BCUT2D eigenvalue weighted by atomic mass is 9.85. The maximum Gasteiger partial charge on any atom is 0.410 e. The van der Waals surface area contributed by atoms with Crippen LogP contribution >= 0.6 is 0 Å². The van der Waals surface area contributed by atoms with Crippen LogP contribution in [0.25, 0.3) is 0 Å². The molecule has 28 heavy (non-hydrogen) atoms. The second kappa shape index (κ2) is 6.89. The first-order valence-corrected chi connectivity index (χ1v) is 10.5. The van der Waals surface area contributed by atoms with Crippen molar-refractivity contribution in [3.05, 3.63) is 47.5 Å². The Labute approximate surface area is 166 Å². The van der Waals surface area contributed by atoms with Crippen LogP contribution in [0.15, 0.2) is 42.0 Å². The zero-order chi connectivity index (χ0) is 19.3. The number of hydrogen-bond donors (Lipinski definition) is 0. The number of nitrogens with zero attached hydrogens (tertiary/aromatic N) is 1. The van der Waals surface area contributed by atoms with E-state index in [4.69, 9.17) is 14.2 Å². The van der Waals surface area contributed by atoms with Crippen LogP contribution in [0.3, 0.4) is 0 Å². The van der Waals surface area contributed by atoms with Crippen molar-refractivity contribution in [2.75, 3.05) is 6.54 Å². The van der Waals surface area contributed by atoms with Crippen molar-refractivity contribution in [3.8, 4) is 0 Å². The van der Waals surface area contributed by atoms with Gasteiger partial charge < -0.3 is 19.1 Å². The average Bonchev–Trinajstić information content (AvgIpc) is 3.41. The van der Waals surface area contributed by atoms with Crippen LogP contribution in [0.4, 0.5) is 4.79 Å². The normalized spacial score (nSPS) is 35.6. The van der Waals surface area contributed by atoms with Gasteiger partial charge in [0, 0.05) is 12.5 Å². The largest absolute Gasteiger partial charge is 0.445 e. The molecule has 2 aliphatic carbocycles. The smallest absolute Gasteiger partial charge is 0.410 e. The van der Waals surface area contributed by atoms with Crippen molar-refractivity contribution >= 4 is 6.09 Å². The van der Waals surface area contributed by atoms with Crippen LogP contribution < -0.4 is 0 Å². The Balaban J connectivity index is 1.36. The third kappa shape index (κ3) is 3.15. The highest BCUT2D eigenvalue weighted by Gasteiger charge is 2.61. The molecule has 5 nitrogen and oxygen atoms in total. The molecule has 1 aromatic carbocycles. The fourth-order valence-corrected chi connectivity index (χ4v) is 5.69. The summed E-state index contributed by atoms with van der Waals surface area (Å²) in [6.07, 6.45) is 6.68. The maximum absolute atomic E-state index is 13.1. The van der Waals surface area contributed by atoms with Crippen LogP contribution in [0.5, 0.6) is 0 Å². The Bertz CT molecular complexity index is 774. The van der Waals surface area contributed by atoms with Gasteiger partial charge in [-0.1, -0.05) is 42.0 Å². The van der Waals surface area contributed by atoms with E-state index in [2.05, 4.69) is 6.08 Å².